The third kappa shape index (κ3) is 4.56. The van der Waals surface area contributed by atoms with Gasteiger partial charge in [0.25, 0.3) is 0 Å². The van der Waals surface area contributed by atoms with Crippen molar-refractivity contribution in [1.82, 2.24) is 0 Å². The van der Waals surface area contributed by atoms with Gasteiger partial charge in [0.05, 0.1) is 30.4 Å². The van der Waals surface area contributed by atoms with Crippen molar-refractivity contribution < 1.29 is 16.8 Å². The Morgan fingerprint density at radius 1 is 0.266 bits per heavy atom. The summed E-state index contributed by atoms with van der Waals surface area (Å²) in [4.78, 5) is 0.362. The molecule has 0 aliphatic heterocycles. The van der Waals surface area contributed by atoms with Gasteiger partial charge < -0.3 is 0 Å². The van der Waals surface area contributed by atoms with Crippen molar-refractivity contribution in [2.75, 3.05) is 0 Å². The Morgan fingerprint density at radius 3 is 0.859 bits per heavy atom. The molecule has 0 radical (unpaired) electrons. The lowest BCUT2D eigenvalue weighted by molar-refractivity contribution is 0.592. The van der Waals surface area contributed by atoms with E-state index in [2.05, 4.69) is 135 Å². The first-order valence-electron chi connectivity index (χ1n) is 21.6. The zero-order valence-corrected chi connectivity index (χ0v) is 36.6. The maximum absolute atomic E-state index is 14.8. The zero-order chi connectivity index (χ0) is 43.3. The Labute approximate surface area is 373 Å². The quantitative estimate of drug-likeness (QED) is 0.177. The molecule has 4 nitrogen and oxygen atoms in total. The predicted octanol–water partition coefficient (Wildman–Crippen LogP) is 12.7. The summed E-state index contributed by atoms with van der Waals surface area (Å²) in [5.74, 6) is 0. The molecular weight excluding hydrogens is 825 g/mol. The van der Waals surface area contributed by atoms with Gasteiger partial charge in [0.15, 0.2) is 0 Å². The molecule has 306 valence electrons. The first kappa shape index (κ1) is 37.4. The Bertz CT molecular complexity index is 3670. The van der Waals surface area contributed by atoms with Gasteiger partial charge in [-0.15, -0.1) is 0 Å². The van der Waals surface area contributed by atoms with Crippen molar-refractivity contribution in [1.29, 1.82) is 0 Å². The van der Waals surface area contributed by atoms with Crippen molar-refractivity contribution in [3.05, 3.63) is 250 Å². The fraction of sp³-hybridized carbons (Fsp3) is 0.0690. The third-order valence-electron chi connectivity index (χ3n) is 14.5. The minimum absolute atomic E-state index is 0.0245. The number of benzene rings is 9. The van der Waals surface area contributed by atoms with Gasteiger partial charge in [0.2, 0.25) is 19.7 Å². The number of hydrogen-bond donors (Lipinski definition) is 0. The smallest absolute Gasteiger partial charge is 0.206 e. The largest absolute Gasteiger partial charge is 0.219 e. The minimum atomic E-state index is -4.10. The van der Waals surface area contributed by atoms with E-state index in [0.29, 0.717) is 0 Å². The highest BCUT2D eigenvalue weighted by Gasteiger charge is 2.53. The zero-order valence-electron chi connectivity index (χ0n) is 34.9. The molecule has 0 saturated heterocycles. The van der Waals surface area contributed by atoms with E-state index in [4.69, 9.17) is 0 Å². The predicted molar refractivity (Wildman–Crippen MR) is 252 cm³/mol. The van der Waals surface area contributed by atoms with Gasteiger partial charge in [-0.1, -0.05) is 157 Å². The van der Waals surface area contributed by atoms with Gasteiger partial charge >= 0.3 is 0 Å². The van der Waals surface area contributed by atoms with Crippen molar-refractivity contribution in [3.63, 3.8) is 0 Å². The Morgan fingerprint density at radius 2 is 0.516 bits per heavy atom. The molecule has 0 saturated carbocycles. The van der Waals surface area contributed by atoms with Crippen LogP contribution in [0.1, 0.15) is 55.6 Å². The molecule has 0 unspecified atom stereocenters. The molecule has 6 heteroatoms. The molecule has 0 heterocycles. The summed E-state index contributed by atoms with van der Waals surface area (Å²) in [5.41, 5.74) is 18.2. The molecule has 13 rings (SSSR count). The Kier molecular flexibility index (Phi) is 7.46. The van der Waals surface area contributed by atoms with Crippen LogP contribution in [0.2, 0.25) is 0 Å². The van der Waals surface area contributed by atoms with E-state index in [1.807, 2.05) is 36.4 Å². The molecule has 0 aromatic heterocycles. The fourth-order valence-electron chi connectivity index (χ4n) is 11.9. The molecule has 0 fully saturated rings. The summed E-state index contributed by atoms with van der Waals surface area (Å²) in [6.07, 6.45) is 0. The topological polar surface area (TPSA) is 68.3 Å². The lowest BCUT2D eigenvalue weighted by atomic mass is 9.70. The normalized spacial score (nSPS) is 14.9. The van der Waals surface area contributed by atoms with Crippen molar-refractivity contribution in [2.45, 2.75) is 44.3 Å². The van der Waals surface area contributed by atoms with E-state index in [1.165, 1.54) is 24.3 Å². The summed E-state index contributed by atoms with van der Waals surface area (Å²) in [6, 6.07) is 63.4. The first-order chi connectivity index (χ1) is 31.0. The molecule has 4 aliphatic carbocycles. The summed E-state index contributed by atoms with van der Waals surface area (Å²) < 4.78 is 59.0. The van der Waals surface area contributed by atoms with E-state index in [9.17, 15) is 16.8 Å². The van der Waals surface area contributed by atoms with Gasteiger partial charge in [-0.05, 0) is 151 Å². The third-order valence-corrected chi connectivity index (χ3v) is 18.0. The van der Waals surface area contributed by atoms with Gasteiger partial charge in [-0.3, -0.25) is 0 Å². The average molecular weight is 863 g/mol. The number of sulfone groups is 2. The van der Waals surface area contributed by atoms with Crippen molar-refractivity contribution >= 4 is 19.7 Å². The van der Waals surface area contributed by atoms with Crippen LogP contribution in [-0.4, -0.2) is 16.8 Å². The van der Waals surface area contributed by atoms with Gasteiger partial charge in [0, 0.05) is 0 Å². The number of aryl methyl sites for hydroxylation is 2. The second kappa shape index (κ2) is 12.8. The summed E-state index contributed by atoms with van der Waals surface area (Å²) in [7, 11) is -8.19. The van der Waals surface area contributed by atoms with Crippen LogP contribution < -0.4 is 0 Å². The maximum atomic E-state index is 14.8. The van der Waals surface area contributed by atoms with E-state index >= 15 is 0 Å². The first-order valence-corrected chi connectivity index (χ1v) is 24.5. The number of rotatable bonds is 4. The lowest BCUT2D eigenvalue weighted by Gasteiger charge is -2.31. The van der Waals surface area contributed by atoms with E-state index in [-0.39, 0.29) is 19.6 Å². The molecule has 0 atom stereocenters. The highest BCUT2D eigenvalue weighted by Crippen LogP contribution is 2.65. The molecule has 4 aliphatic rings. The van der Waals surface area contributed by atoms with Crippen LogP contribution in [0, 0.1) is 13.8 Å². The average Bonchev–Trinajstić information content (AvgIpc) is 3.99. The van der Waals surface area contributed by atoms with Crippen molar-refractivity contribution in [3.8, 4) is 44.5 Å². The highest BCUT2D eigenvalue weighted by atomic mass is 32.2. The van der Waals surface area contributed by atoms with E-state index in [0.717, 1.165) is 100 Å². The second-order valence-corrected chi connectivity index (χ2v) is 21.6. The molecule has 2 spiro atoms. The Hall–Kier alpha value is -7.12. The summed E-state index contributed by atoms with van der Waals surface area (Å²) >= 11 is 0. The van der Waals surface area contributed by atoms with Crippen LogP contribution in [-0.2, 0) is 30.5 Å². The second-order valence-electron chi connectivity index (χ2n) is 17.7. The SMILES string of the molecule is Cc1ccc2c(c1)C1(c3ccccc3-c3ccc(S(=O)(=O)c4ccc(S(=O)(=O)c5ccc6c(c5)C5(c7ccccc7-c7ccccc75)c5ccccc5-6)cc4)cc31)c1cc(C)ccc1-2. The van der Waals surface area contributed by atoms with E-state index < -0.39 is 30.5 Å². The van der Waals surface area contributed by atoms with E-state index in [1.54, 1.807) is 12.1 Å². The Balaban J connectivity index is 0.916. The van der Waals surface area contributed by atoms with Crippen LogP contribution in [0.3, 0.4) is 0 Å². The van der Waals surface area contributed by atoms with Crippen LogP contribution in [0.25, 0.3) is 44.5 Å². The molecule has 0 bridgehead atoms. The molecule has 64 heavy (non-hydrogen) atoms. The minimum Gasteiger partial charge on any atom is -0.219 e. The van der Waals surface area contributed by atoms with Crippen LogP contribution in [0.15, 0.2) is 214 Å². The van der Waals surface area contributed by atoms with Crippen LogP contribution in [0.5, 0.6) is 0 Å². The molecule has 0 amide bonds. The van der Waals surface area contributed by atoms with Crippen molar-refractivity contribution in [2.24, 2.45) is 0 Å². The molecule has 9 aromatic rings. The highest BCUT2D eigenvalue weighted by molar-refractivity contribution is 7.92. The molecule has 0 N–H and O–H groups in total. The molecular formula is C58H38O4S2. The van der Waals surface area contributed by atoms with Gasteiger partial charge in [-0.25, -0.2) is 16.8 Å². The summed E-state index contributed by atoms with van der Waals surface area (Å²) in [5, 5.41) is 0. The van der Waals surface area contributed by atoms with Crippen LogP contribution in [0.4, 0.5) is 0 Å². The lowest BCUT2D eigenvalue weighted by Crippen LogP contribution is -2.26. The van der Waals surface area contributed by atoms with Gasteiger partial charge in [-0.2, -0.15) is 0 Å². The van der Waals surface area contributed by atoms with Gasteiger partial charge in [0.1, 0.15) is 0 Å². The number of hydrogen-bond acceptors (Lipinski definition) is 4. The number of fused-ring (bicyclic) bond motifs is 20. The standard InChI is InChI=1S/C58H38O4S2/c1-35-19-27-45-46-28-20-36(2)32-54(46)58(53(45)31-35)52-18-10-6-14-44(52)48-30-26-40(34-56(48)58)64(61,62)38-23-21-37(22-24-38)63(59,60)39-25-29-47-43-13-5-9-17-51(43)57(55(47)33-39)49-15-7-3-11-41(49)42-12-4-8-16-50(42)57/h3-34H,1-2H3. The fourth-order valence-corrected chi connectivity index (χ4v) is 14.4. The maximum Gasteiger partial charge on any atom is 0.206 e. The monoisotopic (exact) mass is 862 g/mol. The summed E-state index contributed by atoms with van der Waals surface area (Å²) in [6.45, 7) is 4.20. The van der Waals surface area contributed by atoms with Crippen LogP contribution >= 0.6 is 0 Å². The molecule has 9 aromatic carbocycles.